The molecule has 0 amide bonds. The van der Waals surface area contributed by atoms with Crippen molar-refractivity contribution in [2.45, 2.75) is 6.10 Å². The molecule has 0 aliphatic carbocycles. The molecule has 9 nitrogen and oxygen atoms in total. The van der Waals surface area contributed by atoms with Gasteiger partial charge in [0.2, 0.25) is 5.75 Å². The van der Waals surface area contributed by atoms with Gasteiger partial charge in [-0.1, -0.05) is 12.1 Å². The Morgan fingerprint density at radius 1 is 0.935 bits per heavy atom. The van der Waals surface area contributed by atoms with E-state index in [0.717, 1.165) is 11.3 Å². The molecule has 1 aliphatic rings. The van der Waals surface area contributed by atoms with Crippen LogP contribution < -0.4 is 23.7 Å². The summed E-state index contributed by atoms with van der Waals surface area (Å²) in [6, 6.07) is 13.1. The summed E-state index contributed by atoms with van der Waals surface area (Å²) >= 11 is 0. The van der Waals surface area contributed by atoms with Crippen molar-refractivity contribution in [1.82, 2.24) is 19.6 Å². The molecule has 158 valence electrons. The Hall–Kier alpha value is -4.01. The largest absolute Gasteiger partial charge is 0.493 e. The van der Waals surface area contributed by atoms with Crippen LogP contribution >= 0.6 is 0 Å². The van der Waals surface area contributed by atoms with Crippen LogP contribution in [0.2, 0.25) is 0 Å². The van der Waals surface area contributed by atoms with Gasteiger partial charge in [-0.25, -0.2) is 4.98 Å². The van der Waals surface area contributed by atoms with E-state index in [1.165, 1.54) is 0 Å². The highest BCUT2D eigenvalue weighted by atomic mass is 16.6. The second-order valence-corrected chi connectivity index (χ2v) is 6.76. The summed E-state index contributed by atoms with van der Waals surface area (Å²) in [4.78, 5) is 8.92. The topological polar surface area (TPSA) is 89.2 Å². The van der Waals surface area contributed by atoms with Crippen molar-refractivity contribution in [3.8, 4) is 40.0 Å². The molecule has 0 spiro atoms. The van der Waals surface area contributed by atoms with Gasteiger partial charge in [-0.15, -0.1) is 5.10 Å². The maximum Gasteiger partial charge on any atom is 0.253 e. The van der Waals surface area contributed by atoms with Crippen molar-refractivity contribution in [3.05, 3.63) is 54.5 Å². The molecule has 1 atom stereocenters. The Morgan fingerprint density at radius 2 is 1.74 bits per heavy atom. The van der Waals surface area contributed by atoms with E-state index in [9.17, 15) is 0 Å². The van der Waals surface area contributed by atoms with Crippen LogP contribution in [0, 0.1) is 0 Å². The van der Waals surface area contributed by atoms with Crippen LogP contribution in [0.3, 0.4) is 0 Å². The van der Waals surface area contributed by atoms with Crippen LogP contribution in [0.4, 0.5) is 0 Å². The molecule has 0 unspecified atom stereocenters. The Bertz CT molecular complexity index is 1260. The van der Waals surface area contributed by atoms with Gasteiger partial charge in [0.25, 0.3) is 5.78 Å². The predicted molar refractivity (Wildman–Crippen MR) is 111 cm³/mol. The average Bonchev–Trinajstić information content (AvgIpc) is 3.27. The van der Waals surface area contributed by atoms with Gasteiger partial charge in [-0.2, -0.15) is 9.50 Å². The van der Waals surface area contributed by atoms with Crippen molar-refractivity contribution in [2.24, 2.45) is 0 Å². The first-order valence-corrected chi connectivity index (χ1v) is 9.63. The highest BCUT2D eigenvalue weighted by Gasteiger charge is 2.27. The second-order valence-electron chi connectivity index (χ2n) is 6.76. The lowest BCUT2D eigenvalue weighted by Crippen LogP contribution is -2.22. The zero-order valence-electron chi connectivity index (χ0n) is 17.2. The third kappa shape index (κ3) is 3.14. The van der Waals surface area contributed by atoms with E-state index >= 15 is 0 Å². The minimum atomic E-state index is -0.447. The molecule has 2 aromatic heterocycles. The summed E-state index contributed by atoms with van der Waals surface area (Å²) in [5.74, 6) is 3.87. The lowest BCUT2D eigenvalue weighted by atomic mass is 10.1. The average molecular weight is 420 g/mol. The van der Waals surface area contributed by atoms with E-state index in [4.69, 9.17) is 23.7 Å². The zero-order valence-corrected chi connectivity index (χ0v) is 17.2. The number of benzene rings is 2. The molecular weight excluding hydrogens is 400 g/mol. The normalized spacial score (nSPS) is 15.0. The van der Waals surface area contributed by atoms with Gasteiger partial charge in [-0.05, 0) is 30.3 Å². The molecule has 1 aliphatic heterocycles. The summed E-state index contributed by atoms with van der Waals surface area (Å²) in [6.45, 7) is 0.308. The smallest absolute Gasteiger partial charge is 0.253 e. The molecule has 0 saturated heterocycles. The van der Waals surface area contributed by atoms with Gasteiger partial charge < -0.3 is 23.7 Å². The standard InChI is InChI=1S/C22H20N4O5/c1-27-17-9-8-13(19(28-2)20(17)29-3)14-10-11-23-22-24-21(25-26(14)22)18-12-30-15-6-4-5-7-16(15)31-18/h4-11,18H,12H2,1-3H3/t18-/m1/s1. The van der Waals surface area contributed by atoms with E-state index in [2.05, 4.69) is 15.1 Å². The van der Waals surface area contributed by atoms with Gasteiger partial charge in [0.1, 0.15) is 6.61 Å². The van der Waals surface area contributed by atoms with Gasteiger partial charge in [0.05, 0.1) is 27.0 Å². The number of hydrogen-bond donors (Lipinski definition) is 0. The van der Waals surface area contributed by atoms with Crippen LogP contribution in [-0.4, -0.2) is 47.5 Å². The van der Waals surface area contributed by atoms with Gasteiger partial charge in [-0.3, -0.25) is 0 Å². The van der Waals surface area contributed by atoms with Crippen LogP contribution in [0.1, 0.15) is 11.9 Å². The number of fused-ring (bicyclic) bond motifs is 2. The van der Waals surface area contributed by atoms with Gasteiger partial charge >= 0.3 is 0 Å². The first kappa shape index (κ1) is 19.0. The predicted octanol–water partition coefficient (Wildman–Crippen LogP) is 3.33. The van der Waals surface area contributed by atoms with Crippen LogP contribution in [0.5, 0.6) is 28.7 Å². The molecule has 2 aromatic carbocycles. The highest BCUT2D eigenvalue weighted by molar-refractivity contribution is 5.75. The first-order chi connectivity index (χ1) is 15.2. The summed E-state index contributed by atoms with van der Waals surface area (Å²) in [7, 11) is 4.73. The maximum absolute atomic E-state index is 6.05. The SMILES string of the molecule is COc1ccc(-c2ccnc3nc([C@H]4COc5ccccc5O4)nn23)c(OC)c1OC. The quantitative estimate of drug-likeness (QED) is 0.486. The molecular formula is C22H20N4O5. The number of para-hydroxylation sites is 2. The van der Waals surface area contributed by atoms with Crippen molar-refractivity contribution in [1.29, 1.82) is 0 Å². The fourth-order valence-corrected chi connectivity index (χ4v) is 3.60. The van der Waals surface area contributed by atoms with Crippen LogP contribution in [0.25, 0.3) is 17.0 Å². The Labute approximate surface area is 178 Å². The summed E-state index contributed by atoms with van der Waals surface area (Å²) in [5.41, 5.74) is 1.49. The monoisotopic (exact) mass is 420 g/mol. The number of hydrogen-bond acceptors (Lipinski definition) is 8. The van der Waals surface area contributed by atoms with E-state index in [-0.39, 0.29) is 0 Å². The Morgan fingerprint density at radius 3 is 2.52 bits per heavy atom. The number of ether oxygens (including phenoxy) is 5. The molecule has 9 heteroatoms. The number of nitrogens with zero attached hydrogens (tertiary/aromatic N) is 4. The van der Waals surface area contributed by atoms with E-state index < -0.39 is 6.10 Å². The lowest BCUT2D eigenvalue weighted by Gasteiger charge is -2.24. The Kier molecular flexibility index (Phi) is 4.70. The Balaban J connectivity index is 1.59. The zero-order chi connectivity index (χ0) is 21.4. The molecule has 0 saturated carbocycles. The molecule has 0 N–H and O–H groups in total. The number of rotatable bonds is 5. The minimum Gasteiger partial charge on any atom is -0.493 e. The van der Waals surface area contributed by atoms with Crippen molar-refractivity contribution < 1.29 is 23.7 Å². The van der Waals surface area contributed by atoms with E-state index in [0.29, 0.717) is 47.0 Å². The molecule has 5 rings (SSSR count). The summed E-state index contributed by atoms with van der Waals surface area (Å²) in [6.07, 6.45) is 1.23. The molecule has 0 radical (unpaired) electrons. The molecule has 0 fully saturated rings. The number of aromatic nitrogens is 4. The first-order valence-electron chi connectivity index (χ1n) is 9.63. The van der Waals surface area contributed by atoms with Crippen LogP contribution in [0.15, 0.2) is 48.7 Å². The molecule has 31 heavy (non-hydrogen) atoms. The van der Waals surface area contributed by atoms with Crippen molar-refractivity contribution in [2.75, 3.05) is 27.9 Å². The van der Waals surface area contributed by atoms with Crippen molar-refractivity contribution in [3.63, 3.8) is 0 Å². The van der Waals surface area contributed by atoms with E-state index in [1.54, 1.807) is 32.0 Å². The van der Waals surface area contributed by atoms with Crippen LogP contribution in [-0.2, 0) is 0 Å². The minimum absolute atomic E-state index is 0.308. The summed E-state index contributed by atoms with van der Waals surface area (Å²) < 4.78 is 30.1. The maximum atomic E-state index is 6.05. The van der Waals surface area contributed by atoms with Gasteiger partial charge in [0.15, 0.2) is 34.9 Å². The summed E-state index contributed by atoms with van der Waals surface area (Å²) in [5, 5.41) is 4.67. The molecule has 3 heterocycles. The van der Waals surface area contributed by atoms with Crippen molar-refractivity contribution >= 4 is 5.78 Å². The second kappa shape index (κ2) is 7.67. The van der Waals surface area contributed by atoms with E-state index in [1.807, 2.05) is 42.5 Å². The van der Waals surface area contributed by atoms with Gasteiger partial charge in [0, 0.05) is 11.8 Å². The number of methoxy groups -OCH3 is 3. The molecule has 0 bridgehead atoms. The highest BCUT2D eigenvalue weighted by Crippen LogP contribution is 2.44. The third-order valence-corrected chi connectivity index (χ3v) is 5.03. The lowest BCUT2D eigenvalue weighted by molar-refractivity contribution is 0.0852. The fourth-order valence-electron chi connectivity index (χ4n) is 3.60. The molecule has 4 aromatic rings. The fraction of sp³-hybridized carbons (Fsp3) is 0.227. The third-order valence-electron chi connectivity index (χ3n) is 5.03.